The first-order valence-electron chi connectivity index (χ1n) is 13.8. The Kier molecular flexibility index (Phi) is 8.47. The third-order valence-electron chi connectivity index (χ3n) is 8.38. The van der Waals surface area contributed by atoms with Gasteiger partial charge in [-0.3, -0.25) is 0 Å². The van der Waals surface area contributed by atoms with Crippen LogP contribution >= 0.6 is 0 Å². The summed E-state index contributed by atoms with van der Waals surface area (Å²) >= 11 is 0. The molecule has 0 radical (unpaired) electrons. The van der Waals surface area contributed by atoms with Gasteiger partial charge >= 0.3 is 0 Å². The number of aromatic nitrogens is 5. The average Bonchev–Trinajstić information content (AvgIpc) is 3.69. The predicted octanol–water partition coefficient (Wildman–Crippen LogP) is 7.13. The van der Waals surface area contributed by atoms with Crippen molar-refractivity contribution in [1.29, 1.82) is 0 Å². The molecule has 0 bridgehead atoms. The molecule has 3 aromatic heterocycles. The van der Waals surface area contributed by atoms with Gasteiger partial charge in [0.1, 0.15) is 5.82 Å². The quantitative estimate of drug-likeness (QED) is 0.127. The van der Waals surface area contributed by atoms with Gasteiger partial charge in [-0.05, 0) is 50.7 Å². The van der Waals surface area contributed by atoms with Gasteiger partial charge in [0.25, 0.3) is 0 Å². The molecule has 5 aromatic rings. The van der Waals surface area contributed by atoms with Crippen molar-refractivity contribution >= 4 is 0 Å². The summed E-state index contributed by atoms with van der Waals surface area (Å²) in [6.07, 6.45) is 11.7. The Morgan fingerprint density at radius 1 is 0.900 bits per heavy atom. The van der Waals surface area contributed by atoms with E-state index in [-0.39, 0.29) is 32.0 Å². The van der Waals surface area contributed by atoms with Crippen molar-refractivity contribution in [1.82, 2.24) is 19.1 Å². The SMILES string of the molecule is CC(C)c1cccc(C(C)C)c1-n1cc(C(C)(C)C(C)(C)n2[c-][n+](-c3[c-]cccc3)cc2)nc1-c1ccc[n-]1.[Pt]. The Labute approximate surface area is 253 Å². The summed E-state index contributed by atoms with van der Waals surface area (Å²) in [5, 5.41) is 0. The van der Waals surface area contributed by atoms with Crippen LogP contribution in [0.5, 0.6) is 0 Å². The summed E-state index contributed by atoms with van der Waals surface area (Å²) in [5.74, 6) is 1.61. The van der Waals surface area contributed by atoms with E-state index in [1.165, 1.54) is 16.8 Å². The minimum absolute atomic E-state index is 0. The first-order chi connectivity index (χ1) is 18.5. The molecule has 0 aliphatic rings. The maximum atomic E-state index is 5.32. The van der Waals surface area contributed by atoms with Crippen molar-refractivity contribution < 1.29 is 25.6 Å². The monoisotopic (exact) mass is 712 g/mol. The van der Waals surface area contributed by atoms with Gasteiger partial charge in [-0.15, -0.1) is 0 Å². The van der Waals surface area contributed by atoms with E-state index in [4.69, 9.17) is 4.98 Å². The van der Waals surface area contributed by atoms with E-state index in [9.17, 15) is 0 Å². The number of imidazole rings is 2. The summed E-state index contributed by atoms with van der Waals surface area (Å²) < 4.78 is 6.44. The fourth-order valence-corrected chi connectivity index (χ4v) is 5.17. The second-order valence-electron chi connectivity index (χ2n) is 12.0. The number of nitrogens with zero attached hydrogens (tertiary/aromatic N) is 5. The summed E-state index contributed by atoms with van der Waals surface area (Å²) in [5.41, 5.74) is 6.01. The molecule has 0 atom stereocenters. The average molecular weight is 713 g/mol. The Morgan fingerprint density at radius 2 is 1.60 bits per heavy atom. The summed E-state index contributed by atoms with van der Waals surface area (Å²) in [4.78, 5) is 9.99. The van der Waals surface area contributed by atoms with E-state index >= 15 is 0 Å². The molecule has 0 fully saturated rings. The van der Waals surface area contributed by atoms with E-state index in [0.717, 1.165) is 22.9 Å². The number of hydrogen-bond acceptors (Lipinski definition) is 1. The zero-order valence-corrected chi connectivity index (χ0v) is 27.0. The molecule has 0 amide bonds. The molecule has 0 unspecified atom stereocenters. The molecule has 40 heavy (non-hydrogen) atoms. The van der Waals surface area contributed by atoms with Crippen molar-refractivity contribution in [3.8, 4) is 22.9 Å². The van der Waals surface area contributed by atoms with Crippen LogP contribution in [0.1, 0.15) is 84.0 Å². The van der Waals surface area contributed by atoms with Crippen molar-refractivity contribution in [2.45, 2.75) is 78.2 Å². The van der Waals surface area contributed by atoms with Crippen molar-refractivity contribution in [3.05, 3.63) is 109 Å². The van der Waals surface area contributed by atoms with Gasteiger partial charge in [0.2, 0.25) is 6.33 Å². The Balaban J connectivity index is 0.00000370. The number of para-hydroxylation sites is 2. The third kappa shape index (κ3) is 5.17. The van der Waals surface area contributed by atoms with Crippen LogP contribution in [0.2, 0.25) is 0 Å². The van der Waals surface area contributed by atoms with E-state index in [1.54, 1.807) is 0 Å². The molecule has 0 saturated carbocycles. The van der Waals surface area contributed by atoms with Crippen LogP contribution in [0.15, 0.2) is 79.4 Å². The molecule has 6 heteroatoms. The molecule has 0 saturated heterocycles. The minimum Gasteiger partial charge on any atom is -0.661 e. The maximum Gasteiger partial charge on any atom is 0.242 e. The van der Waals surface area contributed by atoms with Crippen molar-refractivity contribution in [2.24, 2.45) is 0 Å². The first kappa shape index (κ1) is 29.8. The normalized spacial score (nSPS) is 12.2. The van der Waals surface area contributed by atoms with Crippen LogP contribution in [0.25, 0.3) is 22.9 Å². The van der Waals surface area contributed by atoms with E-state index in [2.05, 4.69) is 112 Å². The Hall–Kier alpha value is -3.17. The molecule has 5 nitrogen and oxygen atoms in total. The standard InChI is InChI=1S/C34H39N5.Pt/c1-24(2)27-16-12-17-28(25(3)4)31(27)39-22-30(36-32(39)29-18-13-19-35-29)33(5,6)34(7,8)38-21-20-37(23-38)26-14-10-9-11-15-26;/h9-14,16-22,24-25H,1-8H3;/q-2;. The molecule has 3 heterocycles. The number of benzene rings is 2. The zero-order valence-electron chi connectivity index (χ0n) is 24.7. The van der Waals surface area contributed by atoms with Gasteiger partial charge in [0, 0.05) is 45.1 Å². The summed E-state index contributed by atoms with van der Waals surface area (Å²) in [7, 11) is 0. The van der Waals surface area contributed by atoms with Crippen LogP contribution in [-0.2, 0) is 32.0 Å². The molecule has 0 aliphatic heterocycles. The largest absolute Gasteiger partial charge is 0.661 e. The fourth-order valence-electron chi connectivity index (χ4n) is 5.17. The topological polar surface area (TPSA) is 40.7 Å². The summed E-state index contributed by atoms with van der Waals surface area (Å²) in [6.45, 7) is 18.1. The van der Waals surface area contributed by atoms with Gasteiger partial charge < -0.3 is 18.7 Å². The van der Waals surface area contributed by atoms with Crippen molar-refractivity contribution in [2.75, 3.05) is 0 Å². The van der Waals surface area contributed by atoms with Gasteiger partial charge in [0.05, 0.1) is 16.9 Å². The van der Waals surface area contributed by atoms with Crippen molar-refractivity contribution in [3.63, 3.8) is 0 Å². The zero-order chi connectivity index (χ0) is 27.9. The van der Waals surface area contributed by atoms with E-state index in [1.807, 2.05) is 53.4 Å². The second kappa shape index (κ2) is 11.4. The summed E-state index contributed by atoms with van der Waals surface area (Å²) in [6, 6.07) is 22.0. The predicted molar refractivity (Wildman–Crippen MR) is 156 cm³/mol. The molecule has 0 N–H and O–H groups in total. The first-order valence-corrected chi connectivity index (χ1v) is 13.8. The molecule has 0 spiro atoms. The van der Waals surface area contributed by atoms with Gasteiger partial charge in [-0.1, -0.05) is 69.4 Å². The maximum absolute atomic E-state index is 5.32. The molecule has 2 aromatic carbocycles. The Morgan fingerprint density at radius 3 is 2.17 bits per heavy atom. The number of hydrogen-bond donors (Lipinski definition) is 0. The molecule has 212 valence electrons. The number of rotatable bonds is 8. The van der Waals surface area contributed by atoms with Crippen LogP contribution in [0.4, 0.5) is 0 Å². The van der Waals surface area contributed by atoms with Gasteiger partial charge in [0.15, 0.2) is 0 Å². The van der Waals surface area contributed by atoms with Crippen LogP contribution in [0.3, 0.4) is 0 Å². The smallest absolute Gasteiger partial charge is 0.242 e. The van der Waals surface area contributed by atoms with Crippen LogP contribution < -0.4 is 9.55 Å². The molecular formula is C34H39N5Pt-2. The van der Waals surface area contributed by atoms with Crippen LogP contribution in [-0.4, -0.2) is 14.1 Å². The van der Waals surface area contributed by atoms with Crippen LogP contribution in [0, 0.1) is 12.4 Å². The third-order valence-corrected chi connectivity index (χ3v) is 8.38. The molecular weight excluding hydrogens is 673 g/mol. The van der Waals surface area contributed by atoms with E-state index < -0.39 is 0 Å². The molecule has 0 aliphatic carbocycles. The fraction of sp³-hybridized carbons (Fsp3) is 0.353. The molecule has 5 rings (SSSR count). The second-order valence-corrected chi connectivity index (χ2v) is 12.0. The Bertz CT molecular complexity index is 1530. The van der Waals surface area contributed by atoms with Gasteiger partial charge in [-0.2, -0.15) is 36.5 Å². The minimum atomic E-state index is -0.349. The van der Waals surface area contributed by atoms with Gasteiger partial charge in [-0.25, -0.2) is 4.98 Å². The van der Waals surface area contributed by atoms with E-state index in [0.29, 0.717) is 11.8 Å².